The molecule has 0 radical (unpaired) electrons. The van der Waals surface area contributed by atoms with Crippen molar-refractivity contribution < 1.29 is 38.6 Å². The number of amides is 4. The predicted molar refractivity (Wildman–Crippen MR) is 295 cm³/mol. The van der Waals surface area contributed by atoms with Crippen LogP contribution < -0.4 is 21.3 Å². The normalized spacial score (nSPS) is 13.2. The molecule has 0 aliphatic rings. The minimum absolute atomic E-state index is 0.0941. The average molecular weight is 1180 g/mol. The maximum absolute atomic E-state index is 13.3. The van der Waals surface area contributed by atoms with Gasteiger partial charge in [0.1, 0.15) is 29.8 Å². The second kappa shape index (κ2) is 25.3. The molecule has 0 aliphatic heterocycles. The highest BCUT2D eigenvalue weighted by Crippen LogP contribution is 2.31. The number of hydrogen-bond donors (Lipinski definition) is 5. The van der Waals surface area contributed by atoms with E-state index in [9.17, 15) is 33.9 Å². The van der Waals surface area contributed by atoms with Crippen LogP contribution in [0.3, 0.4) is 0 Å². The summed E-state index contributed by atoms with van der Waals surface area (Å²) in [6.07, 6.45) is 7.07. The fourth-order valence-corrected chi connectivity index (χ4v) is 9.06. The molecule has 2 aromatic carbocycles. The standard InChI is InChI=1S/C29H35BrN4O4S.C25H27BrN4O4S/c1-17(27(37)38-29(5,6)7)33-25(35)21(34-26(36)22-12-13-23(39-22)28(2,3)4)14-18-8-10-19(11-9-18)24-31-15-20(30)16-32-24;1-14(24(33)34)29-22(31)18(30-23(32)19-9-10-20(35-19)25(2,3)4)11-15-5-7-16(8-6-15)21-27-12-17(26)13-28-21/h8-13,15-17,21H,14H2,1-7H3,(H,33,35)(H,34,36);5-10,12-14,18H,11H2,1-4H3,(H,29,31)(H,30,32)(H,33,34)/t17-,21+;14-,18+/m11/s1. The van der Waals surface area contributed by atoms with Gasteiger partial charge < -0.3 is 31.1 Å². The van der Waals surface area contributed by atoms with Crippen LogP contribution >= 0.6 is 54.5 Å². The molecular weight excluding hydrogens is 1110 g/mol. The van der Waals surface area contributed by atoms with Crippen LogP contribution in [0.25, 0.3) is 22.8 Å². The third kappa shape index (κ3) is 17.7. The van der Waals surface area contributed by atoms with Gasteiger partial charge >= 0.3 is 11.9 Å². The van der Waals surface area contributed by atoms with Crippen LogP contribution in [-0.2, 0) is 47.6 Å². The molecule has 4 amide bonds. The molecule has 0 unspecified atom stereocenters. The fraction of sp³-hybridized carbons (Fsp3) is 0.370. The molecule has 20 heteroatoms. The number of carboxylic acid groups (broad SMARTS) is 1. The van der Waals surface area contributed by atoms with Crippen molar-refractivity contribution in [3.05, 3.63) is 137 Å². The van der Waals surface area contributed by atoms with E-state index in [1.165, 1.54) is 29.6 Å². The van der Waals surface area contributed by atoms with Crippen LogP contribution in [0.5, 0.6) is 0 Å². The Morgan fingerprint density at radius 2 is 0.892 bits per heavy atom. The predicted octanol–water partition coefficient (Wildman–Crippen LogP) is 9.65. The number of rotatable bonds is 16. The number of nitrogens with zero attached hydrogens (tertiary/aromatic N) is 4. The van der Waals surface area contributed by atoms with Crippen molar-refractivity contribution in [3.63, 3.8) is 0 Å². The van der Waals surface area contributed by atoms with Crippen molar-refractivity contribution in [2.24, 2.45) is 0 Å². The molecule has 0 bridgehead atoms. The monoisotopic (exact) mass is 1170 g/mol. The van der Waals surface area contributed by atoms with Gasteiger partial charge in [-0.25, -0.2) is 24.7 Å². The van der Waals surface area contributed by atoms with Gasteiger partial charge in [0.25, 0.3) is 11.8 Å². The molecule has 0 fully saturated rings. The van der Waals surface area contributed by atoms with E-state index in [0.29, 0.717) is 21.4 Å². The number of esters is 1. The topological polar surface area (TPSA) is 232 Å². The molecule has 4 atom stereocenters. The highest BCUT2D eigenvalue weighted by molar-refractivity contribution is 9.10. The number of aliphatic carboxylic acids is 1. The number of ether oxygens (including phenoxy) is 1. The Hall–Kier alpha value is -6.22. The fourth-order valence-electron chi connectivity index (χ4n) is 6.72. The maximum atomic E-state index is 13.3. The van der Waals surface area contributed by atoms with Gasteiger partial charge in [-0.2, -0.15) is 0 Å². The molecule has 4 aromatic heterocycles. The number of nitrogens with one attached hydrogen (secondary N) is 4. The van der Waals surface area contributed by atoms with E-state index in [0.717, 1.165) is 41.0 Å². The number of aromatic nitrogens is 4. The largest absolute Gasteiger partial charge is 0.480 e. The Balaban J connectivity index is 0.000000276. The van der Waals surface area contributed by atoms with Crippen molar-refractivity contribution in [1.82, 2.24) is 41.2 Å². The van der Waals surface area contributed by atoms with Crippen LogP contribution in [0.2, 0.25) is 0 Å². The van der Waals surface area contributed by atoms with Crippen molar-refractivity contribution in [2.45, 2.75) is 130 Å². The first kappa shape index (κ1) is 58.7. The summed E-state index contributed by atoms with van der Waals surface area (Å²) in [5, 5.41) is 20.0. The van der Waals surface area contributed by atoms with Gasteiger partial charge in [0.05, 0.1) is 18.7 Å². The number of thiophene rings is 2. The number of carboxylic acids is 1. The van der Waals surface area contributed by atoms with Gasteiger partial charge in [0, 0.05) is 58.5 Å². The van der Waals surface area contributed by atoms with Gasteiger partial charge in [-0.15, -0.1) is 22.7 Å². The zero-order valence-electron chi connectivity index (χ0n) is 43.1. The second-order valence-electron chi connectivity index (χ2n) is 20.5. The molecule has 0 spiro atoms. The molecule has 0 saturated carbocycles. The summed E-state index contributed by atoms with van der Waals surface area (Å²) in [6.45, 7) is 20.7. The molecule has 392 valence electrons. The quantitative estimate of drug-likeness (QED) is 0.0571. The summed E-state index contributed by atoms with van der Waals surface area (Å²) < 4.78 is 6.95. The maximum Gasteiger partial charge on any atom is 0.328 e. The zero-order chi connectivity index (χ0) is 54.7. The summed E-state index contributed by atoms with van der Waals surface area (Å²) in [4.78, 5) is 96.4. The Bertz CT molecular complexity index is 2910. The van der Waals surface area contributed by atoms with Gasteiger partial charge in [0.15, 0.2) is 11.6 Å². The molecule has 4 heterocycles. The Morgan fingerprint density at radius 3 is 1.20 bits per heavy atom. The molecule has 74 heavy (non-hydrogen) atoms. The molecule has 16 nitrogen and oxygen atoms in total. The Kier molecular flexibility index (Phi) is 20.1. The van der Waals surface area contributed by atoms with E-state index in [4.69, 9.17) is 4.74 Å². The molecule has 5 N–H and O–H groups in total. The summed E-state index contributed by atoms with van der Waals surface area (Å²) in [5.74, 6) is -2.34. The molecular formula is C54H62Br2N8O8S2. The molecule has 6 rings (SSSR count). The first-order chi connectivity index (χ1) is 34.6. The van der Waals surface area contributed by atoms with Gasteiger partial charge in [-0.05, 0) is 113 Å². The minimum Gasteiger partial charge on any atom is -0.480 e. The van der Waals surface area contributed by atoms with Crippen LogP contribution in [0.15, 0.2) is 107 Å². The van der Waals surface area contributed by atoms with E-state index >= 15 is 0 Å². The second-order valence-corrected chi connectivity index (χ2v) is 24.5. The Morgan fingerprint density at radius 1 is 0.541 bits per heavy atom. The number of hydrogen-bond acceptors (Lipinski definition) is 13. The summed E-state index contributed by atoms with van der Waals surface area (Å²) in [6, 6.07) is 18.3. The lowest BCUT2D eigenvalue weighted by Crippen LogP contribution is -2.52. The highest BCUT2D eigenvalue weighted by atomic mass is 79.9. The van der Waals surface area contributed by atoms with Crippen molar-refractivity contribution in [2.75, 3.05) is 0 Å². The lowest BCUT2D eigenvalue weighted by atomic mass is 9.95. The molecule has 0 aliphatic carbocycles. The van der Waals surface area contributed by atoms with Crippen LogP contribution in [-0.4, -0.2) is 90.4 Å². The minimum atomic E-state index is -1.16. The third-order valence-electron chi connectivity index (χ3n) is 10.8. The van der Waals surface area contributed by atoms with Crippen LogP contribution in [0, 0.1) is 0 Å². The molecule has 0 saturated heterocycles. The highest BCUT2D eigenvalue weighted by Gasteiger charge is 2.30. The number of halogens is 2. The van der Waals surface area contributed by atoms with E-state index in [2.05, 4.69) is 115 Å². The smallest absolute Gasteiger partial charge is 0.328 e. The van der Waals surface area contributed by atoms with E-state index in [1.54, 1.807) is 64.6 Å². The van der Waals surface area contributed by atoms with E-state index in [1.807, 2.05) is 60.7 Å². The van der Waals surface area contributed by atoms with Gasteiger partial charge in [-0.1, -0.05) is 90.1 Å². The molecule has 6 aromatic rings. The van der Waals surface area contributed by atoms with Crippen LogP contribution in [0.1, 0.15) is 116 Å². The number of carbonyl (C=O) groups is 6. The van der Waals surface area contributed by atoms with E-state index < -0.39 is 53.5 Å². The van der Waals surface area contributed by atoms with Crippen molar-refractivity contribution in [3.8, 4) is 22.8 Å². The summed E-state index contributed by atoms with van der Waals surface area (Å²) in [7, 11) is 0. The van der Waals surface area contributed by atoms with Gasteiger partial charge in [-0.3, -0.25) is 24.0 Å². The Labute approximate surface area is 456 Å². The average Bonchev–Trinajstić information content (AvgIpc) is 4.05. The summed E-state index contributed by atoms with van der Waals surface area (Å²) >= 11 is 9.41. The lowest BCUT2D eigenvalue weighted by Gasteiger charge is -2.24. The van der Waals surface area contributed by atoms with Crippen LogP contribution in [0.4, 0.5) is 0 Å². The van der Waals surface area contributed by atoms with Crippen molar-refractivity contribution >= 4 is 90.1 Å². The lowest BCUT2D eigenvalue weighted by molar-refractivity contribution is -0.158. The van der Waals surface area contributed by atoms with Gasteiger partial charge in [0.2, 0.25) is 11.8 Å². The number of benzene rings is 2. The van der Waals surface area contributed by atoms with Crippen molar-refractivity contribution in [1.29, 1.82) is 0 Å². The third-order valence-corrected chi connectivity index (χ3v) is 14.6. The first-order valence-corrected chi connectivity index (χ1v) is 26.8. The number of carbonyl (C=O) groups excluding carboxylic acids is 5. The SMILES string of the molecule is C[C@@H](NC(=O)[C@H](Cc1ccc(-c2ncc(Br)cn2)cc1)NC(=O)c1ccc(C(C)(C)C)s1)C(=O)O.C[C@@H](NC(=O)[C@H](Cc1ccc(-c2ncc(Br)cn2)cc1)NC(=O)c1ccc(C(C)(C)C)s1)C(=O)OC(C)(C)C. The zero-order valence-corrected chi connectivity index (χ0v) is 47.9. The first-order valence-electron chi connectivity index (χ1n) is 23.6. The van der Waals surface area contributed by atoms with E-state index in [-0.39, 0.29) is 35.5 Å². The summed E-state index contributed by atoms with van der Waals surface area (Å²) in [5.41, 5.74) is 2.36.